The molecule has 5 heteroatoms. The molecule has 0 bridgehead atoms. The maximum atomic E-state index is 14.2. The van der Waals surface area contributed by atoms with Crippen molar-refractivity contribution in [3.8, 4) is 28.7 Å². The molecule has 0 aliphatic rings. The average molecular weight is 322 g/mol. The highest BCUT2D eigenvalue weighted by Crippen LogP contribution is 2.39. The topological polar surface area (TPSA) is 53.2 Å². The fraction of sp³-hybridized carbons (Fsp3) is 0.0714. The molecule has 0 heterocycles. The summed E-state index contributed by atoms with van der Waals surface area (Å²) in [5.74, 6) is -0.621. The highest BCUT2D eigenvalue weighted by molar-refractivity contribution is 9.10. The third kappa shape index (κ3) is 2.40. The molecule has 0 fully saturated rings. The lowest BCUT2D eigenvalue weighted by atomic mass is 10.0. The van der Waals surface area contributed by atoms with Gasteiger partial charge in [0, 0.05) is 11.1 Å². The van der Waals surface area contributed by atoms with Gasteiger partial charge in [0.25, 0.3) is 0 Å². The molecule has 19 heavy (non-hydrogen) atoms. The predicted molar refractivity (Wildman–Crippen MR) is 72.5 cm³/mol. The standard InChI is InChI=1S/C14H9BrFNO2/c1-19-12-4-2-3-9(13(12)16)10-5-8(7-17)6-11(15)14(10)18/h2-6,18H,1H3. The van der Waals surface area contributed by atoms with Crippen LogP contribution in [-0.2, 0) is 0 Å². The monoisotopic (exact) mass is 321 g/mol. The largest absolute Gasteiger partial charge is 0.506 e. The molecule has 2 aromatic rings. The Bertz CT molecular complexity index is 680. The van der Waals surface area contributed by atoms with Crippen LogP contribution < -0.4 is 4.74 Å². The van der Waals surface area contributed by atoms with E-state index < -0.39 is 5.82 Å². The van der Waals surface area contributed by atoms with Crippen LogP contribution in [0.4, 0.5) is 4.39 Å². The minimum atomic E-state index is -0.581. The maximum absolute atomic E-state index is 14.2. The van der Waals surface area contributed by atoms with E-state index in [9.17, 15) is 9.50 Å². The first-order valence-corrected chi connectivity index (χ1v) is 6.13. The summed E-state index contributed by atoms with van der Waals surface area (Å²) < 4.78 is 19.4. The molecule has 0 atom stereocenters. The first-order chi connectivity index (χ1) is 9.08. The molecule has 0 saturated heterocycles. The summed E-state index contributed by atoms with van der Waals surface area (Å²) in [5.41, 5.74) is 0.735. The Morgan fingerprint density at radius 2 is 2.05 bits per heavy atom. The van der Waals surface area contributed by atoms with E-state index in [0.29, 0.717) is 10.0 Å². The van der Waals surface area contributed by atoms with Gasteiger partial charge in [-0.25, -0.2) is 4.39 Å². The van der Waals surface area contributed by atoms with E-state index in [1.54, 1.807) is 6.07 Å². The van der Waals surface area contributed by atoms with Gasteiger partial charge in [0.15, 0.2) is 11.6 Å². The molecular weight excluding hydrogens is 313 g/mol. The Morgan fingerprint density at radius 3 is 2.68 bits per heavy atom. The van der Waals surface area contributed by atoms with Gasteiger partial charge in [0.2, 0.25) is 0 Å². The predicted octanol–water partition coefficient (Wildman–Crippen LogP) is 3.84. The summed E-state index contributed by atoms with van der Waals surface area (Å²) in [6.45, 7) is 0. The second-order valence-electron chi connectivity index (χ2n) is 3.79. The summed E-state index contributed by atoms with van der Waals surface area (Å²) in [4.78, 5) is 0. The molecule has 1 N–H and O–H groups in total. The number of phenols is 1. The molecule has 3 nitrogen and oxygen atoms in total. The maximum Gasteiger partial charge on any atom is 0.172 e. The zero-order chi connectivity index (χ0) is 14.0. The van der Waals surface area contributed by atoms with Crippen LogP contribution >= 0.6 is 15.9 Å². The van der Waals surface area contributed by atoms with Gasteiger partial charge >= 0.3 is 0 Å². The molecule has 0 amide bonds. The summed E-state index contributed by atoms with van der Waals surface area (Å²) in [6, 6.07) is 9.47. The fourth-order valence-electron chi connectivity index (χ4n) is 1.75. The number of halogens is 2. The van der Waals surface area contributed by atoms with Gasteiger partial charge in [0.1, 0.15) is 5.75 Å². The van der Waals surface area contributed by atoms with Crippen LogP contribution in [0.3, 0.4) is 0 Å². The van der Waals surface area contributed by atoms with Gasteiger partial charge in [-0.2, -0.15) is 5.26 Å². The van der Waals surface area contributed by atoms with E-state index in [0.717, 1.165) is 0 Å². The molecule has 0 aliphatic heterocycles. The van der Waals surface area contributed by atoms with Crippen LogP contribution in [0.1, 0.15) is 5.56 Å². The molecule has 0 aromatic heterocycles. The lowest BCUT2D eigenvalue weighted by molar-refractivity contribution is 0.387. The summed E-state index contributed by atoms with van der Waals surface area (Å²) in [7, 11) is 1.36. The minimum absolute atomic E-state index is 0.0791. The Hall–Kier alpha value is -2.06. The lowest BCUT2D eigenvalue weighted by Gasteiger charge is -2.10. The number of hydrogen-bond donors (Lipinski definition) is 1. The van der Waals surface area contributed by atoms with Gasteiger partial charge in [0.05, 0.1) is 23.2 Å². The van der Waals surface area contributed by atoms with Crippen LogP contribution in [0.15, 0.2) is 34.8 Å². The van der Waals surface area contributed by atoms with Crippen molar-refractivity contribution >= 4 is 15.9 Å². The Labute approximate surface area is 118 Å². The van der Waals surface area contributed by atoms with Crippen molar-refractivity contribution in [1.29, 1.82) is 5.26 Å². The van der Waals surface area contributed by atoms with E-state index >= 15 is 0 Å². The van der Waals surface area contributed by atoms with Gasteiger partial charge in [-0.1, -0.05) is 12.1 Å². The van der Waals surface area contributed by atoms with Crippen LogP contribution in [-0.4, -0.2) is 12.2 Å². The lowest BCUT2D eigenvalue weighted by Crippen LogP contribution is -1.92. The third-order valence-corrected chi connectivity index (χ3v) is 3.27. The van der Waals surface area contributed by atoms with Crippen molar-refractivity contribution in [2.75, 3.05) is 7.11 Å². The molecule has 96 valence electrons. The number of nitriles is 1. The molecule has 0 spiro atoms. The van der Waals surface area contributed by atoms with Crippen molar-refractivity contribution in [3.63, 3.8) is 0 Å². The van der Waals surface area contributed by atoms with Crippen LogP contribution in [0.5, 0.6) is 11.5 Å². The number of aromatic hydroxyl groups is 1. The molecule has 0 radical (unpaired) electrons. The van der Waals surface area contributed by atoms with E-state index in [4.69, 9.17) is 10.00 Å². The fourth-order valence-corrected chi connectivity index (χ4v) is 2.21. The second kappa shape index (κ2) is 5.29. The number of rotatable bonds is 2. The van der Waals surface area contributed by atoms with Crippen molar-refractivity contribution in [2.45, 2.75) is 0 Å². The van der Waals surface area contributed by atoms with Crippen molar-refractivity contribution in [3.05, 3.63) is 46.2 Å². The Kier molecular flexibility index (Phi) is 3.72. The number of hydrogen-bond acceptors (Lipinski definition) is 3. The molecule has 0 aliphatic carbocycles. The van der Waals surface area contributed by atoms with Crippen molar-refractivity contribution in [1.82, 2.24) is 0 Å². The van der Waals surface area contributed by atoms with Crippen LogP contribution in [0.2, 0.25) is 0 Å². The van der Waals surface area contributed by atoms with Gasteiger partial charge in [-0.05, 0) is 34.1 Å². The first-order valence-electron chi connectivity index (χ1n) is 5.34. The van der Waals surface area contributed by atoms with Gasteiger partial charge in [-0.15, -0.1) is 0 Å². The van der Waals surface area contributed by atoms with E-state index in [1.807, 2.05) is 6.07 Å². The average Bonchev–Trinajstić information content (AvgIpc) is 2.42. The molecule has 2 rings (SSSR count). The normalized spacial score (nSPS) is 10.0. The first kappa shape index (κ1) is 13.4. The smallest absolute Gasteiger partial charge is 0.172 e. The van der Waals surface area contributed by atoms with E-state index in [1.165, 1.54) is 31.4 Å². The Balaban J connectivity index is 2.72. The van der Waals surface area contributed by atoms with Crippen LogP contribution in [0, 0.1) is 17.1 Å². The highest BCUT2D eigenvalue weighted by Gasteiger charge is 2.16. The summed E-state index contributed by atoms with van der Waals surface area (Å²) in [6.07, 6.45) is 0. The summed E-state index contributed by atoms with van der Waals surface area (Å²) in [5, 5.41) is 18.9. The number of methoxy groups -OCH3 is 1. The van der Waals surface area contributed by atoms with Crippen LogP contribution in [0.25, 0.3) is 11.1 Å². The Morgan fingerprint density at radius 1 is 1.32 bits per heavy atom. The molecule has 2 aromatic carbocycles. The molecule has 0 unspecified atom stereocenters. The second-order valence-corrected chi connectivity index (χ2v) is 4.64. The van der Waals surface area contributed by atoms with Gasteiger partial charge in [-0.3, -0.25) is 0 Å². The number of benzene rings is 2. The highest BCUT2D eigenvalue weighted by atomic mass is 79.9. The minimum Gasteiger partial charge on any atom is -0.506 e. The molecule has 0 saturated carbocycles. The quantitative estimate of drug-likeness (QED) is 0.914. The van der Waals surface area contributed by atoms with Gasteiger partial charge < -0.3 is 9.84 Å². The molecular formula is C14H9BrFNO2. The SMILES string of the molecule is COc1cccc(-c2cc(C#N)cc(Br)c2O)c1F. The van der Waals surface area contributed by atoms with E-state index in [2.05, 4.69) is 15.9 Å². The summed E-state index contributed by atoms with van der Waals surface area (Å²) >= 11 is 3.14. The third-order valence-electron chi connectivity index (χ3n) is 2.67. The zero-order valence-electron chi connectivity index (χ0n) is 9.95. The number of ether oxygens (including phenoxy) is 1. The van der Waals surface area contributed by atoms with Crippen molar-refractivity contribution < 1.29 is 14.2 Å². The number of nitrogens with zero attached hydrogens (tertiary/aromatic N) is 1. The van der Waals surface area contributed by atoms with E-state index in [-0.39, 0.29) is 22.6 Å². The van der Waals surface area contributed by atoms with Crippen molar-refractivity contribution in [2.24, 2.45) is 0 Å². The number of phenolic OH excluding ortho intramolecular Hbond substituents is 1. The zero-order valence-corrected chi connectivity index (χ0v) is 11.5.